The van der Waals surface area contributed by atoms with Gasteiger partial charge in [0, 0.05) is 23.8 Å². The van der Waals surface area contributed by atoms with E-state index in [4.69, 9.17) is 20.8 Å². The standard InChI is InChI=1S/C30H26ClN3O6S/c1-5-39-29(36)26-17(4)32-30-33(27(26)19-8-6-18(7-9-19)16(2)3)28(35)25(41-30)15-21-11-13-24(40-21)22-14-20(34(37)38)10-12-23(22)31/h6-16,27H,5H2,1-4H3/b25-15-/t27-/m1/s1. The van der Waals surface area contributed by atoms with E-state index in [0.717, 1.165) is 11.1 Å². The lowest BCUT2D eigenvalue weighted by atomic mass is 9.93. The number of rotatable bonds is 7. The zero-order valence-electron chi connectivity index (χ0n) is 22.7. The van der Waals surface area contributed by atoms with Gasteiger partial charge < -0.3 is 9.15 Å². The highest BCUT2D eigenvalue weighted by molar-refractivity contribution is 7.07. The van der Waals surface area contributed by atoms with E-state index in [0.29, 0.717) is 48.6 Å². The first kappa shape index (κ1) is 28.3. The number of hydrogen-bond donors (Lipinski definition) is 0. The second kappa shape index (κ2) is 11.3. The summed E-state index contributed by atoms with van der Waals surface area (Å²) in [6, 6.07) is 14.5. The Kier molecular flexibility index (Phi) is 7.79. The lowest BCUT2D eigenvalue weighted by Crippen LogP contribution is -2.39. The van der Waals surface area contributed by atoms with Gasteiger partial charge in [0.25, 0.3) is 11.2 Å². The number of allylic oxidation sites excluding steroid dienone is 1. The van der Waals surface area contributed by atoms with Crippen LogP contribution in [0.25, 0.3) is 17.4 Å². The van der Waals surface area contributed by atoms with Gasteiger partial charge in [-0.1, -0.05) is 61.1 Å². The zero-order chi connectivity index (χ0) is 29.4. The monoisotopic (exact) mass is 591 g/mol. The number of aromatic nitrogens is 1. The van der Waals surface area contributed by atoms with Crippen molar-refractivity contribution >= 4 is 40.7 Å². The molecule has 3 heterocycles. The summed E-state index contributed by atoms with van der Waals surface area (Å²) >= 11 is 7.45. The number of nitrogens with zero attached hydrogens (tertiary/aromatic N) is 3. The van der Waals surface area contributed by atoms with Crippen LogP contribution in [0.5, 0.6) is 0 Å². The molecule has 0 fully saturated rings. The number of benzene rings is 2. The molecule has 0 unspecified atom stereocenters. The SMILES string of the molecule is CCOC(=O)C1=C(C)N=c2s/c(=C\c3ccc(-c4cc([N+](=O)[O-])ccc4Cl)o3)c(=O)n2[C@@H]1c1ccc(C(C)C)cc1. The molecule has 0 bridgehead atoms. The van der Waals surface area contributed by atoms with Gasteiger partial charge in [-0.15, -0.1) is 0 Å². The van der Waals surface area contributed by atoms with E-state index in [1.54, 1.807) is 32.1 Å². The van der Waals surface area contributed by atoms with Gasteiger partial charge in [0.2, 0.25) is 0 Å². The molecule has 0 spiro atoms. The van der Waals surface area contributed by atoms with Crippen molar-refractivity contribution in [2.75, 3.05) is 6.61 Å². The fraction of sp³-hybridized carbons (Fsp3) is 0.233. The molecule has 11 heteroatoms. The van der Waals surface area contributed by atoms with Crippen molar-refractivity contribution < 1.29 is 18.9 Å². The molecule has 41 heavy (non-hydrogen) atoms. The molecule has 4 aromatic rings. The first-order valence-corrected chi connectivity index (χ1v) is 14.1. The number of non-ortho nitro benzene ring substituents is 1. The molecular formula is C30H26ClN3O6S. The number of hydrogen-bond acceptors (Lipinski definition) is 8. The highest BCUT2D eigenvalue weighted by atomic mass is 35.5. The third-order valence-electron chi connectivity index (χ3n) is 6.76. The fourth-order valence-electron chi connectivity index (χ4n) is 4.69. The predicted molar refractivity (Wildman–Crippen MR) is 157 cm³/mol. The molecule has 0 saturated heterocycles. The Balaban J connectivity index is 1.62. The summed E-state index contributed by atoms with van der Waals surface area (Å²) in [5.74, 6) is 0.474. The molecule has 0 amide bonds. The molecule has 2 aromatic heterocycles. The van der Waals surface area contributed by atoms with Crippen LogP contribution in [-0.4, -0.2) is 22.1 Å². The van der Waals surface area contributed by atoms with Crippen LogP contribution in [0.1, 0.15) is 56.5 Å². The van der Waals surface area contributed by atoms with E-state index in [2.05, 4.69) is 18.8 Å². The molecule has 210 valence electrons. The highest BCUT2D eigenvalue weighted by Crippen LogP contribution is 2.33. The third-order valence-corrected chi connectivity index (χ3v) is 8.07. The molecule has 5 rings (SSSR count). The van der Waals surface area contributed by atoms with Gasteiger partial charge >= 0.3 is 5.97 Å². The summed E-state index contributed by atoms with van der Waals surface area (Å²) in [7, 11) is 0. The van der Waals surface area contributed by atoms with Gasteiger partial charge in [-0.05, 0) is 49.1 Å². The number of esters is 1. The second-order valence-electron chi connectivity index (χ2n) is 9.75. The summed E-state index contributed by atoms with van der Waals surface area (Å²) in [6.45, 7) is 7.85. The first-order valence-electron chi connectivity index (χ1n) is 12.9. The van der Waals surface area contributed by atoms with Crippen LogP contribution in [0.4, 0.5) is 5.69 Å². The van der Waals surface area contributed by atoms with Crippen molar-refractivity contribution in [2.45, 2.75) is 39.7 Å². The minimum absolute atomic E-state index is 0.120. The molecule has 1 aliphatic rings. The summed E-state index contributed by atoms with van der Waals surface area (Å²) in [6.07, 6.45) is 1.58. The molecule has 1 aliphatic heterocycles. The van der Waals surface area contributed by atoms with Gasteiger partial charge in [-0.2, -0.15) is 0 Å². The number of thiazole rings is 1. The Morgan fingerprint density at radius 2 is 1.95 bits per heavy atom. The topological polar surface area (TPSA) is 117 Å². The van der Waals surface area contributed by atoms with Gasteiger partial charge in [-0.25, -0.2) is 9.79 Å². The van der Waals surface area contributed by atoms with Crippen LogP contribution in [0.2, 0.25) is 5.02 Å². The molecule has 1 atom stereocenters. The molecule has 0 saturated carbocycles. The summed E-state index contributed by atoms with van der Waals surface area (Å²) < 4.78 is 13.1. The summed E-state index contributed by atoms with van der Waals surface area (Å²) in [5.41, 5.74) is 2.59. The van der Waals surface area contributed by atoms with E-state index < -0.39 is 16.9 Å². The zero-order valence-corrected chi connectivity index (χ0v) is 24.3. The van der Waals surface area contributed by atoms with Crippen LogP contribution in [0, 0.1) is 10.1 Å². The minimum Gasteiger partial charge on any atom is -0.463 e. The Hall–Kier alpha value is -4.28. The maximum absolute atomic E-state index is 13.8. The molecule has 9 nitrogen and oxygen atoms in total. The Morgan fingerprint density at radius 1 is 1.22 bits per heavy atom. The summed E-state index contributed by atoms with van der Waals surface area (Å²) in [4.78, 5) is 42.7. The predicted octanol–water partition coefficient (Wildman–Crippen LogP) is 5.74. The summed E-state index contributed by atoms with van der Waals surface area (Å²) in [5, 5.41) is 11.5. The average molecular weight is 592 g/mol. The Labute approximate surface area is 243 Å². The lowest BCUT2D eigenvalue weighted by Gasteiger charge is -2.25. The number of nitro benzene ring substituents is 1. The Bertz CT molecular complexity index is 1880. The molecule has 2 aromatic carbocycles. The number of halogens is 1. The van der Waals surface area contributed by atoms with E-state index in [1.165, 1.54) is 34.1 Å². The quantitative estimate of drug-likeness (QED) is 0.154. The smallest absolute Gasteiger partial charge is 0.338 e. The van der Waals surface area contributed by atoms with Crippen LogP contribution in [0.3, 0.4) is 0 Å². The largest absolute Gasteiger partial charge is 0.463 e. The molecule has 0 aliphatic carbocycles. The molecule has 0 N–H and O–H groups in total. The molecule has 0 radical (unpaired) electrons. The van der Waals surface area contributed by atoms with Crippen molar-refractivity contribution in [2.24, 2.45) is 4.99 Å². The van der Waals surface area contributed by atoms with Crippen molar-refractivity contribution in [1.82, 2.24) is 4.57 Å². The van der Waals surface area contributed by atoms with Gasteiger partial charge in [-0.3, -0.25) is 19.5 Å². The van der Waals surface area contributed by atoms with E-state index >= 15 is 0 Å². The highest BCUT2D eigenvalue weighted by Gasteiger charge is 2.33. The van der Waals surface area contributed by atoms with Gasteiger partial charge in [0.1, 0.15) is 11.5 Å². The van der Waals surface area contributed by atoms with E-state index in [1.807, 2.05) is 24.3 Å². The maximum atomic E-state index is 13.8. The van der Waals surface area contributed by atoms with Gasteiger partial charge in [0.05, 0.1) is 38.4 Å². The van der Waals surface area contributed by atoms with Gasteiger partial charge in [0.15, 0.2) is 4.80 Å². The first-order chi connectivity index (χ1) is 19.6. The maximum Gasteiger partial charge on any atom is 0.338 e. The number of carbonyl (C=O) groups is 1. The van der Waals surface area contributed by atoms with Crippen LogP contribution >= 0.6 is 22.9 Å². The van der Waals surface area contributed by atoms with Crippen molar-refractivity contribution in [3.05, 3.63) is 118 Å². The second-order valence-corrected chi connectivity index (χ2v) is 11.2. The third kappa shape index (κ3) is 5.40. The number of ether oxygens (including phenoxy) is 1. The van der Waals surface area contributed by atoms with E-state index in [9.17, 15) is 19.7 Å². The molecular weight excluding hydrogens is 566 g/mol. The van der Waals surface area contributed by atoms with Crippen LogP contribution < -0.4 is 14.9 Å². The lowest BCUT2D eigenvalue weighted by molar-refractivity contribution is -0.384. The minimum atomic E-state index is -0.718. The van der Waals surface area contributed by atoms with Crippen LogP contribution in [0.15, 0.2) is 80.1 Å². The van der Waals surface area contributed by atoms with Crippen molar-refractivity contribution in [1.29, 1.82) is 0 Å². The van der Waals surface area contributed by atoms with Crippen molar-refractivity contribution in [3.8, 4) is 11.3 Å². The van der Waals surface area contributed by atoms with E-state index in [-0.39, 0.29) is 17.9 Å². The number of fused-ring (bicyclic) bond motifs is 1. The average Bonchev–Trinajstić information content (AvgIpc) is 3.52. The Morgan fingerprint density at radius 3 is 2.61 bits per heavy atom. The fourth-order valence-corrected chi connectivity index (χ4v) is 5.93. The number of carbonyl (C=O) groups excluding carboxylic acids is 1. The normalized spacial score (nSPS) is 15.2. The number of furan rings is 1. The van der Waals surface area contributed by atoms with Crippen LogP contribution in [-0.2, 0) is 9.53 Å². The van der Waals surface area contributed by atoms with Crippen molar-refractivity contribution in [3.63, 3.8) is 0 Å². The number of nitro groups is 1.